The molecular formula is C24H39IN6O. The number of aryl methyl sites for hydroxylation is 2. The van der Waals surface area contributed by atoms with Gasteiger partial charge in [0.2, 0.25) is 0 Å². The minimum atomic E-state index is 0. The molecule has 2 N–H and O–H groups in total. The smallest absolute Gasteiger partial charge is 0.191 e. The van der Waals surface area contributed by atoms with Crippen molar-refractivity contribution in [2.75, 3.05) is 6.54 Å². The van der Waals surface area contributed by atoms with Crippen LogP contribution >= 0.6 is 24.0 Å². The van der Waals surface area contributed by atoms with Crippen molar-refractivity contribution < 1.29 is 4.74 Å². The molecule has 2 heterocycles. The van der Waals surface area contributed by atoms with E-state index < -0.39 is 0 Å². The molecule has 178 valence electrons. The molecule has 8 heteroatoms. The Hall–Kier alpha value is -1.84. The Morgan fingerprint density at radius 3 is 2.75 bits per heavy atom. The maximum absolute atomic E-state index is 6.28. The second-order valence-corrected chi connectivity index (χ2v) is 8.86. The van der Waals surface area contributed by atoms with E-state index in [1.807, 2.05) is 0 Å². The Balaban J connectivity index is 0.00000363. The largest absolute Gasteiger partial charge is 0.490 e. The van der Waals surface area contributed by atoms with Gasteiger partial charge in [-0.2, -0.15) is 0 Å². The molecule has 7 nitrogen and oxygen atoms in total. The minimum Gasteiger partial charge on any atom is -0.490 e. The van der Waals surface area contributed by atoms with Gasteiger partial charge in [-0.15, -0.1) is 34.2 Å². The fraction of sp³-hybridized carbons (Fsp3) is 0.625. The van der Waals surface area contributed by atoms with Crippen LogP contribution in [0.25, 0.3) is 0 Å². The number of halogens is 1. The Bertz CT molecular complexity index is 879. The molecule has 1 atom stereocenters. The van der Waals surface area contributed by atoms with Crippen molar-refractivity contribution in [3.8, 4) is 5.75 Å². The van der Waals surface area contributed by atoms with Gasteiger partial charge < -0.3 is 19.9 Å². The van der Waals surface area contributed by atoms with Crippen molar-refractivity contribution in [2.24, 2.45) is 10.9 Å². The molecule has 1 aromatic heterocycles. The fourth-order valence-corrected chi connectivity index (χ4v) is 4.00. The van der Waals surface area contributed by atoms with E-state index in [-0.39, 0.29) is 30.1 Å². The second-order valence-electron chi connectivity index (χ2n) is 8.86. The summed E-state index contributed by atoms with van der Waals surface area (Å²) in [6, 6.07) is 6.35. The van der Waals surface area contributed by atoms with E-state index in [2.05, 4.69) is 78.2 Å². The average molecular weight is 555 g/mol. The van der Waals surface area contributed by atoms with Gasteiger partial charge in [0.25, 0.3) is 0 Å². The number of fused-ring (bicyclic) bond motifs is 1. The van der Waals surface area contributed by atoms with Gasteiger partial charge >= 0.3 is 0 Å². The highest BCUT2D eigenvalue weighted by Gasteiger charge is 2.16. The number of hydrogen-bond acceptors (Lipinski definition) is 4. The third-order valence-corrected chi connectivity index (χ3v) is 5.46. The maximum atomic E-state index is 6.28. The van der Waals surface area contributed by atoms with Crippen LogP contribution in [0.1, 0.15) is 69.7 Å². The number of aliphatic imine (C=N–C) groups is 1. The van der Waals surface area contributed by atoms with E-state index in [0.717, 1.165) is 54.9 Å². The number of ether oxygens (including phenoxy) is 1. The van der Waals surface area contributed by atoms with Crippen LogP contribution in [0.3, 0.4) is 0 Å². The normalized spacial score (nSPS) is 14.5. The number of rotatable bonds is 9. The molecule has 2 aromatic rings. The van der Waals surface area contributed by atoms with Gasteiger partial charge in [0, 0.05) is 25.1 Å². The Morgan fingerprint density at radius 1 is 1.19 bits per heavy atom. The Morgan fingerprint density at radius 2 is 2.00 bits per heavy atom. The average Bonchev–Trinajstić information content (AvgIpc) is 3.13. The maximum Gasteiger partial charge on any atom is 0.191 e. The predicted octanol–water partition coefficient (Wildman–Crippen LogP) is 4.61. The van der Waals surface area contributed by atoms with Crippen LogP contribution in [0.5, 0.6) is 5.75 Å². The van der Waals surface area contributed by atoms with E-state index in [1.54, 1.807) is 0 Å². The molecule has 0 spiro atoms. The number of benzene rings is 1. The summed E-state index contributed by atoms with van der Waals surface area (Å²) in [5.74, 6) is 4.38. The molecule has 0 radical (unpaired) electrons. The van der Waals surface area contributed by atoms with Crippen LogP contribution in [-0.2, 0) is 26.1 Å². The first-order valence-electron chi connectivity index (χ1n) is 11.7. The topological polar surface area (TPSA) is 76.4 Å². The van der Waals surface area contributed by atoms with Crippen LogP contribution < -0.4 is 15.4 Å². The van der Waals surface area contributed by atoms with Crippen LogP contribution in [0, 0.1) is 12.8 Å². The lowest BCUT2D eigenvalue weighted by Crippen LogP contribution is -2.37. The number of nitrogens with zero attached hydrogens (tertiary/aromatic N) is 4. The summed E-state index contributed by atoms with van der Waals surface area (Å²) in [5, 5.41) is 15.5. The van der Waals surface area contributed by atoms with E-state index in [0.29, 0.717) is 19.0 Å². The predicted molar refractivity (Wildman–Crippen MR) is 141 cm³/mol. The van der Waals surface area contributed by atoms with Crippen molar-refractivity contribution in [3.05, 3.63) is 41.0 Å². The highest BCUT2D eigenvalue weighted by Crippen LogP contribution is 2.24. The first kappa shape index (κ1) is 26.4. The van der Waals surface area contributed by atoms with Crippen LogP contribution in [0.2, 0.25) is 0 Å². The molecule has 1 unspecified atom stereocenters. The van der Waals surface area contributed by atoms with Gasteiger partial charge in [0.1, 0.15) is 11.6 Å². The zero-order chi connectivity index (χ0) is 22.2. The highest BCUT2D eigenvalue weighted by molar-refractivity contribution is 14.0. The van der Waals surface area contributed by atoms with E-state index in [4.69, 9.17) is 9.73 Å². The van der Waals surface area contributed by atoms with Gasteiger partial charge in [0.15, 0.2) is 11.8 Å². The molecule has 0 bridgehead atoms. The summed E-state index contributed by atoms with van der Waals surface area (Å²) in [7, 11) is 0. The number of nitrogens with one attached hydrogen (secondary N) is 2. The summed E-state index contributed by atoms with van der Waals surface area (Å²) < 4.78 is 8.52. The molecule has 1 aromatic carbocycles. The van der Waals surface area contributed by atoms with Crippen LogP contribution in [0.15, 0.2) is 23.2 Å². The summed E-state index contributed by atoms with van der Waals surface area (Å²) in [4.78, 5) is 4.81. The quantitative estimate of drug-likeness (QED) is 0.269. The molecular weight excluding hydrogens is 515 g/mol. The Kier molecular flexibility index (Phi) is 10.7. The van der Waals surface area contributed by atoms with Gasteiger partial charge in [-0.05, 0) is 57.6 Å². The number of guanidine groups is 1. The zero-order valence-electron chi connectivity index (χ0n) is 20.1. The molecule has 0 amide bonds. The molecule has 1 aliphatic rings. The van der Waals surface area contributed by atoms with Crippen molar-refractivity contribution in [2.45, 2.75) is 86.0 Å². The van der Waals surface area contributed by atoms with E-state index >= 15 is 0 Å². The molecule has 0 saturated carbocycles. The summed E-state index contributed by atoms with van der Waals surface area (Å²) in [6.07, 6.45) is 4.62. The van der Waals surface area contributed by atoms with Gasteiger partial charge in [-0.25, -0.2) is 4.99 Å². The van der Waals surface area contributed by atoms with E-state index in [9.17, 15) is 0 Å². The van der Waals surface area contributed by atoms with Gasteiger partial charge in [-0.3, -0.25) is 0 Å². The monoisotopic (exact) mass is 554 g/mol. The van der Waals surface area contributed by atoms with E-state index in [1.165, 1.54) is 18.4 Å². The van der Waals surface area contributed by atoms with Crippen molar-refractivity contribution >= 4 is 29.9 Å². The third kappa shape index (κ3) is 7.64. The standard InChI is InChI=1S/C24H38N6O.HI/c1-6-25-24(27-16-23-29-28-22-9-7-8-12-30(22)23)26-15-20-11-10-18(4)14-21(20)31-19(5)13-17(2)3;/h10-11,14,17,19H,6-9,12-13,15-16H2,1-5H3,(H2,25,26,27);1H. The minimum absolute atomic E-state index is 0. The number of aromatic nitrogens is 3. The van der Waals surface area contributed by atoms with Crippen molar-refractivity contribution in [3.63, 3.8) is 0 Å². The van der Waals surface area contributed by atoms with Crippen molar-refractivity contribution in [1.29, 1.82) is 0 Å². The third-order valence-electron chi connectivity index (χ3n) is 5.46. The summed E-state index contributed by atoms with van der Waals surface area (Å²) >= 11 is 0. The lowest BCUT2D eigenvalue weighted by atomic mass is 10.1. The molecule has 0 saturated heterocycles. The Labute approximate surface area is 209 Å². The number of hydrogen-bond donors (Lipinski definition) is 2. The van der Waals surface area contributed by atoms with Crippen molar-refractivity contribution in [1.82, 2.24) is 25.4 Å². The summed E-state index contributed by atoms with van der Waals surface area (Å²) in [5.41, 5.74) is 2.29. The molecule has 32 heavy (non-hydrogen) atoms. The lowest BCUT2D eigenvalue weighted by molar-refractivity contribution is 0.191. The van der Waals surface area contributed by atoms with Gasteiger partial charge in [0.05, 0.1) is 19.2 Å². The first-order valence-corrected chi connectivity index (χ1v) is 11.7. The van der Waals surface area contributed by atoms with Crippen LogP contribution in [-0.4, -0.2) is 33.4 Å². The molecule has 0 fully saturated rings. The molecule has 1 aliphatic heterocycles. The molecule has 0 aliphatic carbocycles. The molecule has 3 rings (SSSR count). The van der Waals surface area contributed by atoms with Crippen LogP contribution in [0.4, 0.5) is 0 Å². The summed E-state index contributed by atoms with van der Waals surface area (Å²) in [6.45, 7) is 13.7. The zero-order valence-corrected chi connectivity index (χ0v) is 22.5. The fourth-order valence-electron chi connectivity index (χ4n) is 4.00. The second kappa shape index (κ2) is 13.0. The SMILES string of the molecule is CCNC(=NCc1ccc(C)cc1OC(C)CC(C)C)NCc1nnc2n1CCCC2.I. The van der Waals surface area contributed by atoms with Gasteiger partial charge in [-0.1, -0.05) is 26.0 Å². The highest BCUT2D eigenvalue weighted by atomic mass is 127. The first-order chi connectivity index (χ1) is 15.0. The lowest BCUT2D eigenvalue weighted by Gasteiger charge is -2.19.